The Labute approximate surface area is 147 Å². The van der Waals surface area contributed by atoms with E-state index in [0.717, 1.165) is 11.5 Å². The van der Waals surface area contributed by atoms with Gasteiger partial charge in [-0.1, -0.05) is 0 Å². The first kappa shape index (κ1) is 18.5. The zero-order valence-corrected chi connectivity index (χ0v) is 14.2. The molecule has 0 fully saturated rings. The number of nitrogens with one attached hydrogen (secondary N) is 2. The van der Waals surface area contributed by atoms with Crippen molar-refractivity contribution in [3.63, 3.8) is 0 Å². The van der Waals surface area contributed by atoms with Crippen molar-refractivity contribution in [2.45, 2.75) is 12.8 Å². The van der Waals surface area contributed by atoms with Crippen molar-refractivity contribution in [3.8, 4) is 11.5 Å². The Hall–Kier alpha value is -2.80. The van der Waals surface area contributed by atoms with Gasteiger partial charge in [0.25, 0.3) is 0 Å². The lowest BCUT2D eigenvalue weighted by molar-refractivity contribution is -0.116. The molecule has 0 aliphatic heterocycles. The number of ether oxygens (including phenoxy) is 2. The number of aliphatic hydroxyl groups is 1. The Morgan fingerprint density at radius 3 is 2.56 bits per heavy atom. The van der Waals surface area contributed by atoms with Crippen molar-refractivity contribution >= 4 is 17.4 Å². The highest BCUT2D eigenvalue weighted by atomic mass is 16.5. The van der Waals surface area contributed by atoms with E-state index in [9.17, 15) is 4.79 Å². The quantitative estimate of drug-likeness (QED) is 0.572. The lowest BCUT2D eigenvalue weighted by atomic mass is 10.3. The van der Waals surface area contributed by atoms with Crippen LogP contribution in [0.3, 0.4) is 0 Å². The lowest BCUT2D eigenvalue weighted by Crippen LogP contribution is -2.13. The van der Waals surface area contributed by atoms with Gasteiger partial charge in [-0.05, 0) is 42.8 Å². The highest BCUT2D eigenvalue weighted by molar-refractivity contribution is 5.90. The molecule has 0 atom stereocenters. The number of hydrogen-bond acceptors (Lipinski definition) is 6. The van der Waals surface area contributed by atoms with E-state index in [1.54, 1.807) is 25.4 Å². The third-order valence-electron chi connectivity index (χ3n) is 3.34. The number of hydrogen-bond donors (Lipinski definition) is 3. The van der Waals surface area contributed by atoms with E-state index in [0.29, 0.717) is 37.5 Å². The molecule has 1 heterocycles. The van der Waals surface area contributed by atoms with Gasteiger partial charge in [0.2, 0.25) is 5.91 Å². The molecule has 0 saturated heterocycles. The summed E-state index contributed by atoms with van der Waals surface area (Å²) in [6.45, 7) is 0.938. The van der Waals surface area contributed by atoms with Gasteiger partial charge in [0.1, 0.15) is 17.3 Å². The second-order valence-corrected chi connectivity index (χ2v) is 5.26. The number of aromatic nitrogens is 1. The van der Waals surface area contributed by atoms with Crippen LogP contribution in [0, 0.1) is 0 Å². The molecule has 7 heteroatoms. The Balaban J connectivity index is 1.66. The average molecular weight is 345 g/mol. The third kappa shape index (κ3) is 6.68. The molecule has 0 aliphatic rings. The van der Waals surface area contributed by atoms with Crippen molar-refractivity contribution in [1.82, 2.24) is 4.98 Å². The molecule has 25 heavy (non-hydrogen) atoms. The van der Waals surface area contributed by atoms with Crippen LogP contribution in [0.1, 0.15) is 12.8 Å². The van der Waals surface area contributed by atoms with Gasteiger partial charge < -0.3 is 25.2 Å². The Kier molecular flexibility index (Phi) is 7.52. The highest BCUT2D eigenvalue weighted by Gasteiger charge is 2.04. The molecule has 7 nitrogen and oxygen atoms in total. The van der Waals surface area contributed by atoms with E-state index in [4.69, 9.17) is 14.6 Å². The molecular formula is C18H23N3O4. The summed E-state index contributed by atoms with van der Waals surface area (Å²) in [7, 11) is 1.61. The zero-order valence-electron chi connectivity index (χ0n) is 14.2. The van der Waals surface area contributed by atoms with Gasteiger partial charge in [-0.3, -0.25) is 4.79 Å². The SMILES string of the molecule is COc1ccc(OCCCC(=O)Nc2ccc(NCCO)nc2)cc1. The molecule has 1 amide bonds. The second kappa shape index (κ2) is 10.1. The van der Waals surface area contributed by atoms with Gasteiger partial charge in [0.05, 0.1) is 32.2 Å². The summed E-state index contributed by atoms with van der Waals surface area (Å²) in [5, 5.41) is 14.5. The van der Waals surface area contributed by atoms with Gasteiger partial charge >= 0.3 is 0 Å². The molecular weight excluding hydrogens is 322 g/mol. The van der Waals surface area contributed by atoms with E-state index in [1.807, 2.05) is 24.3 Å². The number of carbonyl (C=O) groups is 1. The number of anilines is 2. The molecule has 2 rings (SSSR count). The number of amides is 1. The molecule has 134 valence electrons. The van der Waals surface area contributed by atoms with E-state index < -0.39 is 0 Å². The highest BCUT2D eigenvalue weighted by Crippen LogP contribution is 2.17. The van der Waals surface area contributed by atoms with Crippen molar-refractivity contribution in [2.24, 2.45) is 0 Å². The van der Waals surface area contributed by atoms with Gasteiger partial charge in [0, 0.05) is 13.0 Å². The zero-order chi connectivity index (χ0) is 17.9. The van der Waals surface area contributed by atoms with Crippen LogP contribution in [0.5, 0.6) is 11.5 Å². The lowest BCUT2D eigenvalue weighted by Gasteiger charge is -2.08. The standard InChI is InChI=1S/C18H23N3O4/c1-24-15-5-7-16(8-6-15)25-12-2-3-18(23)21-14-4-9-17(20-13-14)19-10-11-22/h4-9,13,22H,2-3,10-12H2,1H3,(H,19,20)(H,21,23). The summed E-state index contributed by atoms with van der Waals surface area (Å²) in [6, 6.07) is 10.8. The van der Waals surface area contributed by atoms with Crippen LogP contribution >= 0.6 is 0 Å². The molecule has 0 radical (unpaired) electrons. The molecule has 1 aromatic carbocycles. The summed E-state index contributed by atoms with van der Waals surface area (Å²) in [4.78, 5) is 16.1. The number of carbonyl (C=O) groups excluding carboxylic acids is 1. The normalized spacial score (nSPS) is 10.2. The van der Waals surface area contributed by atoms with E-state index in [1.165, 1.54) is 0 Å². The number of aliphatic hydroxyl groups excluding tert-OH is 1. The number of rotatable bonds is 10. The first-order chi connectivity index (χ1) is 12.2. The molecule has 0 spiro atoms. The van der Waals surface area contributed by atoms with Crippen molar-refractivity contribution in [1.29, 1.82) is 0 Å². The maximum absolute atomic E-state index is 11.9. The maximum Gasteiger partial charge on any atom is 0.224 e. The number of nitrogens with zero attached hydrogens (tertiary/aromatic N) is 1. The Morgan fingerprint density at radius 2 is 1.92 bits per heavy atom. The van der Waals surface area contributed by atoms with Crippen LogP contribution < -0.4 is 20.1 Å². The summed E-state index contributed by atoms with van der Waals surface area (Å²) in [5.74, 6) is 2.09. The Morgan fingerprint density at radius 1 is 1.16 bits per heavy atom. The van der Waals surface area contributed by atoms with Crippen molar-refractivity contribution in [2.75, 3.05) is 37.5 Å². The van der Waals surface area contributed by atoms with Gasteiger partial charge in [-0.2, -0.15) is 0 Å². The monoisotopic (exact) mass is 345 g/mol. The molecule has 3 N–H and O–H groups in total. The predicted molar refractivity (Wildman–Crippen MR) is 96.2 cm³/mol. The van der Waals surface area contributed by atoms with Crippen LogP contribution in [0.25, 0.3) is 0 Å². The molecule has 2 aromatic rings. The van der Waals surface area contributed by atoms with Gasteiger partial charge in [-0.15, -0.1) is 0 Å². The molecule has 1 aromatic heterocycles. The van der Waals surface area contributed by atoms with Gasteiger partial charge in [-0.25, -0.2) is 4.98 Å². The van der Waals surface area contributed by atoms with Crippen LogP contribution in [-0.2, 0) is 4.79 Å². The summed E-state index contributed by atoms with van der Waals surface area (Å²) in [5.41, 5.74) is 0.635. The van der Waals surface area contributed by atoms with E-state index in [-0.39, 0.29) is 12.5 Å². The maximum atomic E-state index is 11.9. The van der Waals surface area contributed by atoms with E-state index in [2.05, 4.69) is 15.6 Å². The molecule has 0 bridgehead atoms. The molecule has 0 aliphatic carbocycles. The summed E-state index contributed by atoms with van der Waals surface area (Å²) in [6.07, 6.45) is 2.55. The molecule has 0 unspecified atom stereocenters. The minimum absolute atomic E-state index is 0.0404. The van der Waals surface area contributed by atoms with Gasteiger partial charge in [0.15, 0.2) is 0 Å². The van der Waals surface area contributed by atoms with Crippen molar-refractivity contribution in [3.05, 3.63) is 42.6 Å². The average Bonchev–Trinajstić information content (AvgIpc) is 2.65. The van der Waals surface area contributed by atoms with Crippen LogP contribution in [-0.4, -0.2) is 42.9 Å². The van der Waals surface area contributed by atoms with Crippen molar-refractivity contribution < 1.29 is 19.4 Å². The topological polar surface area (TPSA) is 92.7 Å². The first-order valence-corrected chi connectivity index (χ1v) is 8.09. The Bertz CT molecular complexity index is 644. The first-order valence-electron chi connectivity index (χ1n) is 8.09. The number of pyridine rings is 1. The fourth-order valence-electron chi connectivity index (χ4n) is 2.07. The number of benzene rings is 1. The summed E-state index contributed by atoms with van der Waals surface area (Å²) >= 11 is 0. The fraction of sp³-hybridized carbons (Fsp3) is 0.333. The number of methoxy groups -OCH3 is 1. The van der Waals surface area contributed by atoms with Crippen LogP contribution in [0.4, 0.5) is 11.5 Å². The van der Waals surface area contributed by atoms with Crippen LogP contribution in [0.15, 0.2) is 42.6 Å². The fourth-order valence-corrected chi connectivity index (χ4v) is 2.07. The minimum atomic E-state index is -0.0869. The minimum Gasteiger partial charge on any atom is -0.497 e. The molecule has 0 saturated carbocycles. The smallest absolute Gasteiger partial charge is 0.224 e. The predicted octanol–water partition coefficient (Wildman–Crippen LogP) is 2.29. The largest absolute Gasteiger partial charge is 0.497 e. The van der Waals surface area contributed by atoms with Crippen LogP contribution in [0.2, 0.25) is 0 Å². The second-order valence-electron chi connectivity index (χ2n) is 5.26. The summed E-state index contributed by atoms with van der Waals surface area (Å²) < 4.78 is 10.7. The van der Waals surface area contributed by atoms with E-state index >= 15 is 0 Å². The third-order valence-corrected chi connectivity index (χ3v) is 3.34.